The highest BCUT2D eigenvalue weighted by atomic mass is 32.1. The zero-order chi connectivity index (χ0) is 20.6. The van der Waals surface area contributed by atoms with Gasteiger partial charge in [0.15, 0.2) is 0 Å². The van der Waals surface area contributed by atoms with Gasteiger partial charge in [0.05, 0.1) is 55.9 Å². The molecule has 0 amide bonds. The molecule has 0 saturated carbocycles. The Hall–Kier alpha value is -3.21. The van der Waals surface area contributed by atoms with Crippen molar-refractivity contribution in [3.8, 4) is 0 Å². The molecule has 142 valence electrons. The SMILES string of the molecule is CC(=Nc1ccc(N=C=S)cc1)C1=CCC(C(C)=Nc2ccc(N=C=S)cc2)=N1. The number of benzene rings is 2. The number of rotatable bonds is 6. The Bertz CT molecular complexity index is 1130. The summed E-state index contributed by atoms with van der Waals surface area (Å²) in [6, 6.07) is 15.0. The molecule has 29 heavy (non-hydrogen) atoms. The van der Waals surface area contributed by atoms with Gasteiger partial charge in [-0.1, -0.05) is 6.08 Å². The minimum Gasteiger partial charge on any atom is -0.252 e. The summed E-state index contributed by atoms with van der Waals surface area (Å²) in [5, 5.41) is 4.71. The lowest BCUT2D eigenvalue weighted by molar-refractivity contribution is 1.41. The molecule has 5 nitrogen and oxygen atoms in total. The van der Waals surface area contributed by atoms with Crippen LogP contribution in [0, 0.1) is 0 Å². The number of hydrogen-bond donors (Lipinski definition) is 0. The number of thiocarbonyl (C=S) groups is 2. The molecule has 2 aromatic carbocycles. The van der Waals surface area contributed by atoms with E-state index in [1.165, 1.54) is 0 Å². The summed E-state index contributed by atoms with van der Waals surface area (Å²) >= 11 is 9.23. The molecule has 3 rings (SSSR count). The van der Waals surface area contributed by atoms with Crippen molar-refractivity contribution >= 4 is 74.6 Å². The van der Waals surface area contributed by atoms with Gasteiger partial charge < -0.3 is 0 Å². The van der Waals surface area contributed by atoms with Crippen molar-refractivity contribution in [2.75, 3.05) is 0 Å². The molecule has 0 aromatic heterocycles. The largest absolute Gasteiger partial charge is 0.252 e. The summed E-state index contributed by atoms with van der Waals surface area (Å²) < 4.78 is 0. The van der Waals surface area contributed by atoms with Gasteiger partial charge in [0.2, 0.25) is 0 Å². The van der Waals surface area contributed by atoms with Crippen LogP contribution in [0.3, 0.4) is 0 Å². The fourth-order valence-corrected chi connectivity index (χ4v) is 2.92. The third kappa shape index (κ3) is 5.64. The number of aliphatic imine (C=N–C) groups is 5. The summed E-state index contributed by atoms with van der Waals surface area (Å²) in [6.07, 6.45) is 2.79. The van der Waals surface area contributed by atoms with Crippen LogP contribution in [0.2, 0.25) is 0 Å². The van der Waals surface area contributed by atoms with Crippen LogP contribution < -0.4 is 0 Å². The molecular weight excluding hydrogens is 398 g/mol. The quantitative estimate of drug-likeness (QED) is 0.386. The van der Waals surface area contributed by atoms with E-state index in [-0.39, 0.29) is 0 Å². The Balaban J connectivity index is 1.73. The third-order valence-electron chi connectivity index (χ3n) is 4.18. The van der Waals surface area contributed by atoms with Crippen molar-refractivity contribution in [1.82, 2.24) is 0 Å². The summed E-state index contributed by atoms with van der Waals surface area (Å²) in [4.78, 5) is 21.9. The van der Waals surface area contributed by atoms with Gasteiger partial charge in [-0.25, -0.2) is 4.99 Å². The Morgan fingerprint density at radius 2 is 1.21 bits per heavy atom. The van der Waals surface area contributed by atoms with Crippen LogP contribution in [0.1, 0.15) is 20.3 Å². The fourth-order valence-electron chi connectivity index (χ4n) is 2.71. The third-order valence-corrected chi connectivity index (χ3v) is 4.36. The first kappa shape index (κ1) is 20.5. The lowest BCUT2D eigenvalue weighted by atomic mass is 10.2. The first-order valence-corrected chi connectivity index (χ1v) is 9.65. The summed E-state index contributed by atoms with van der Waals surface area (Å²) in [5.74, 6) is 0. The van der Waals surface area contributed by atoms with Gasteiger partial charge in [-0.05, 0) is 86.8 Å². The predicted molar refractivity (Wildman–Crippen MR) is 128 cm³/mol. The van der Waals surface area contributed by atoms with E-state index in [4.69, 9.17) is 4.99 Å². The van der Waals surface area contributed by atoms with E-state index >= 15 is 0 Å². The predicted octanol–water partition coefficient (Wildman–Crippen LogP) is 6.77. The van der Waals surface area contributed by atoms with E-state index < -0.39 is 0 Å². The van der Waals surface area contributed by atoms with Crippen molar-refractivity contribution in [3.63, 3.8) is 0 Å². The van der Waals surface area contributed by atoms with Gasteiger partial charge in [0, 0.05) is 6.42 Å². The van der Waals surface area contributed by atoms with Crippen LogP contribution in [0.25, 0.3) is 0 Å². The molecule has 0 bridgehead atoms. The van der Waals surface area contributed by atoms with Gasteiger partial charge in [0.1, 0.15) is 0 Å². The molecule has 0 radical (unpaired) electrons. The maximum atomic E-state index is 4.71. The van der Waals surface area contributed by atoms with Gasteiger partial charge in [0.25, 0.3) is 0 Å². The molecule has 2 aromatic rings. The highest BCUT2D eigenvalue weighted by Gasteiger charge is 2.13. The van der Waals surface area contributed by atoms with Crippen LogP contribution in [-0.2, 0) is 0 Å². The van der Waals surface area contributed by atoms with E-state index in [0.29, 0.717) is 0 Å². The normalized spacial score (nSPS) is 13.9. The minimum absolute atomic E-state index is 0.729. The van der Waals surface area contributed by atoms with Crippen LogP contribution in [0.5, 0.6) is 0 Å². The summed E-state index contributed by atoms with van der Waals surface area (Å²) in [7, 11) is 0. The van der Waals surface area contributed by atoms with Gasteiger partial charge >= 0.3 is 0 Å². The molecule has 0 aliphatic carbocycles. The van der Waals surface area contributed by atoms with E-state index in [0.717, 1.165) is 52.0 Å². The van der Waals surface area contributed by atoms with Crippen molar-refractivity contribution in [2.45, 2.75) is 20.3 Å². The fraction of sp³-hybridized carbons (Fsp3) is 0.136. The second-order valence-corrected chi connectivity index (χ2v) is 6.55. The van der Waals surface area contributed by atoms with E-state index in [1.807, 2.05) is 62.4 Å². The van der Waals surface area contributed by atoms with Gasteiger partial charge in [-0.2, -0.15) is 9.98 Å². The molecule has 0 atom stereocenters. The Morgan fingerprint density at radius 3 is 1.69 bits per heavy atom. The van der Waals surface area contributed by atoms with Crippen LogP contribution in [0.4, 0.5) is 22.7 Å². The van der Waals surface area contributed by atoms with E-state index in [2.05, 4.69) is 60.8 Å². The van der Waals surface area contributed by atoms with Crippen molar-refractivity contribution in [3.05, 3.63) is 60.3 Å². The lowest BCUT2D eigenvalue weighted by Gasteiger charge is -2.02. The maximum absolute atomic E-state index is 4.71. The number of isothiocyanates is 2. The van der Waals surface area contributed by atoms with Gasteiger partial charge in [-0.15, -0.1) is 0 Å². The first-order valence-electron chi connectivity index (χ1n) is 8.84. The zero-order valence-electron chi connectivity index (χ0n) is 16.0. The maximum Gasteiger partial charge on any atom is 0.0810 e. The van der Waals surface area contributed by atoms with E-state index in [9.17, 15) is 0 Å². The Labute approximate surface area is 180 Å². The number of nitrogens with zero attached hydrogens (tertiary/aromatic N) is 5. The smallest absolute Gasteiger partial charge is 0.0810 e. The van der Waals surface area contributed by atoms with Crippen LogP contribution >= 0.6 is 24.4 Å². The zero-order valence-corrected chi connectivity index (χ0v) is 17.6. The van der Waals surface area contributed by atoms with Crippen molar-refractivity contribution in [1.29, 1.82) is 0 Å². The molecule has 7 heteroatoms. The molecule has 1 aliphatic heterocycles. The monoisotopic (exact) mass is 415 g/mol. The summed E-state index contributed by atoms with van der Waals surface area (Å²) in [5.41, 5.74) is 6.70. The number of hydrogen-bond acceptors (Lipinski definition) is 7. The molecule has 1 heterocycles. The highest BCUT2D eigenvalue weighted by molar-refractivity contribution is 7.78. The lowest BCUT2D eigenvalue weighted by Crippen LogP contribution is -2.06. The molecule has 0 fully saturated rings. The van der Waals surface area contributed by atoms with Crippen LogP contribution in [-0.4, -0.2) is 27.5 Å². The average molecular weight is 416 g/mol. The molecule has 1 aliphatic rings. The van der Waals surface area contributed by atoms with Crippen LogP contribution in [0.15, 0.2) is 85.3 Å². The Kier molecular flexibility index (Phi) is 6.95. The molecule has 0 N–H and O–H groups in total. The van der Waals surface area contributed by atoms with Crippen molar-refractivity contribution in [2.24, 2.45) is 25.0 Å². The average Bonchev–Trinajstić information content (AvgIpc) is 3.22. The second-order valence-electron chi connectivity index (χ2n) is 6.19. The Morgan fingerprint density at radius 1 is 0.759 bits per heavy atom. The topological polar surface area (TPSA) is 61.8 Å². The second kappa shape index (κ2) is 9.82. The molecule has 0 unspecified atom stereocenters. The first-order chi connectivity index (χ1) is 14.1. The summed E-state index contributed by atoms with van der Waals surface area (Å²) in [6.45, 7) is 3.91. The minimum atomic E-state index is 0.729. The molecule has 0 saturated heterocycles. The molecule has 0 spiro atoms. The number of allylic oxidation sites excluding steroid dienone is 2. The van der Waals surface area contributed by atoms with E-state index in [1.54, 1.807) is 0 Å². The van der Waals surface area contributed by atoms with Gasteiger partial charge in [-0.3, -0.25) is 9.98 Å². The van der Waals surface area contributed by atoms with Crippen molar-refractivity contribution < 1.29 is 0 Å². The molecular formula is C22H17N5S2. The highest BCUT2D eigenvalue weighted by Crippen LogP contribution is 2.22. The standard InChI is InChI=1S/C22H17N5S2/c1-15(25-19-7-3-17(4-8-19)23-13-28)21-11-12-22(27-21)16(2)26-20-9-5-18(6-10-20)24-14-29/h3-11H,12H2,1-2H3.